The van der Waals surface area contributed by atoms with Crippen LogP contribution >= 0.6 is 0 Å². The minimum Gasteiger partial charge on any atom is -0.325 e. The molecule has 7 heteroatoms. The second-order valence-corrected chi connectivity index (χ2v) is 8.51. The van der Waals surface area contributed by atoms with Crippen LogP contribution in [0.4, 0.5) is 0 Å². The van der Waals surface area contributed by atoms with Crippen LogP contribution < -0.4 is 0 Å². The Bertz CT molecular complexity index is 1480. The number of allylic oxidation sites excluding steroid dienone is 2. The quantitative estimate of drug-likeness (QED) is 0.430. The normalized spacial score (nSPS) is 16.2. The fraction of sp³-hybridized carbons (Fsp3) is 0.240. The molecule has 0 N–H and O–H groups in total. The zero-order valence-corrected chi connectivity index (χ0v) is 18.2. The van der Waals surface area contributed by atoms with Crippen molar-refractivity contribution in [2.75, 3.05) is 0 Å². The van der Waals surface area contributed by atoms with Crippen LogP contribution in [0.2, 0.25) is 0 Å². The highest BCUT2D eigenvalue weighted by Gasteiger charge is 2.29. The number of fused-ring (bicyclic) bond motifs is 6. The van der Waals surface area contributed by atoms with Crippen molar-refractivity contribution in [2.45, 2.75) is 32.7 Å². The molecule has 0 fully saturated rings. The van der Waals surface area contributed by atoms with E-state index in [4.69, 9.17) is 15.0 Å². The van der Waals surface area contributed by atoms with Crippen molar-refractivity contribution in [3.05, 3.63) is 76.8 Å². The molecule has 7 nitrogen and oxygen atoms in total. The summed E-state index contributed by atoms with van der Waals surface area (Å²) in [5.74, 6) is 1.03. The maximum absolute atomic E-state index is 9.87. The summed E-state index contributed by atoms with van der Waals surface area (Å²) in [6, 6.07) is 8.85. The highest BCUT2D eigenvalue weighted by atomic mass is 15.3. The molecule has 0 spiro atoms. The Balaban J connectivity index is 1.70. The van der Waals surface area contributed by atoms with E-state index in [0.717, 1.165) is 40.5 Å². The molecule has 0 radical (unpaired) electrons. The van der Waals surface area contributed by atoms with Gasteiger partial charge in [-0.3, -0.25) is 9.67 Å². The van der Waals surface area contributed by atoms with Crippen LogP contribution in [-0.2, 0) is 20.0 Å². The molecule has 1 atom stereocenters. The zero-order chi connectivity index (χ0) is 22.0. The number of nitriles is 1. The Morgan fingerprint density at radius 2 is 2.06 bits per heavy atom. The molecule has 0 amide bonds. The Kier molecular flexibility index (Phi) is 3.93. The molecule has 0 saturated carbocycles. The van der Waals surface area contributed by atoms with Crippen molar-refractivity contribution in [1.29, 1.82) is 5.26 Å². The van der Waals surface area contributed by atoms with Gasteiger partial charge in [0, 0.05) is 37.3 Å². The van der Waals surface area contributed by atoms with Crippen molar-refractivity contribution >= 4 is 5.57 Å². The fourth-order valence-corrected chi connectivity index (χ4v) is 4.94. The van der Waals surface area contributed by atoms with Crippen molar-refractivity contribution in [3.8, 4) is 28.7 Å². The van der Waals surface area contributed by atoms with E-state index in [0.29, 0.717) is 17.9 Å². The summed E-state index contributed by atoms with van der Waals surface area (Å²) >= 11 is 0. The molecule has 156 valence electrons. The molecule has 0 saturated heterocycles. The average molecular weight is 419 g/mol. The molecule has 0 unspecified atom stereocenters. The van der Waals surface area contributed by atoms with E-state index in [2.05, 4.69) is 53.9 Å². The van der Waals surface area contributed by atoms with E-state index >= 15 is 0 Å². The van der Waals surface area contributed by atoms with E-state index < -0.39 is 0 Å². The first-order valence-corrected chi connectivity index (χ1v) is 10.7. The minimum atomic E-state index is 0.129. The molecule has 2 aliphatic rings. The van der Waals surface area contributed by atoms with E-state index in [1.165, 1.54) is 16.7 Å². The maximum Gasteiger partial charge on any atom is 0.148 e. The third-order valence-electron chi connectivity index (χ3n) is 6.54. The molecular formula is C25H21N7. The van der Waals surface area contributed by atoms with E-state index in [1.807, 2.05) is 12.4 Å². The van der Waals surface area contributed by atoms with Crippen LogP contribution in [0.25, 0.3) is 28.2 Å². The smallest absolute Gasteiger partial charge is 0.148 e. The fourth-order valence-electron chi connectivity index (χ4n) is 4.94. The van der Waals surface area contributed by atoms with Gasteiger partial charge in [0.1, 0.15) is 17.6 Å². The SMILES string of the molecule is Cc1ccc2c(c1)[C@@H](C)C1=CCc3ncc(nc31)-c1c(nn(C)c1C#N)Cn1ccnc1-2. The standard InChI is InChI=1S/C25H21N7/c1-14-4-5-17-18(10-14)15(2)16-6-7-19-24(16)29-20(12-28-19)23-21(30-31(3)22(23)11-26)13-32-9-8-27-25(17)32/h4-6,8-10,12,15H,7,13H2,1-3H3/t15-/m0/s1. The zero-order valence-electron chi connectivity index (χ0n) is 18.2. The predicted octanol–water partition coefficient (Wildman–Crippen LogP) is 4.03. The Hall–Kier alpha value is -4.05. The monoisotopic (exact) mass is 419 g/mol. The maximum atomic E-state index is 9.87. The summed E-state index contributed by atoms with van der Waals surface area (Å²) in [6.45, 7) is 4.83. The van der Waals surface area contributed by atoms with Crippen molar-refractivity contribution in [2.24, 2.45) is 7.05 Å². The van der Waals surface area contributed by atoms with E-state index in [-0.39, 0.29) is 5.92 Å². The highest BCUT2D eigenvalue weighted by Crippen LogP contribution is 2.42. The van der Waals surface area contributed by atoms with Crippen LogP contribution in [0, 0.1) is 18.3 Å². The molecular weight excluding hydrogens is 398 g/mol. The Labute approximate surface area is 185 Å². The van der Waals surface area contributed by atoms with Gasteiger partial charge in [-0.25, -0.2) is 9.97 Å². The number of hydrogen-bond acceptors (Lipinski definition) is 5. The summed E-state index contributed by atoms with van der Waals surface area (Å²) in [6.07, 6.45) is 8.57. The molecule has 1 aromatic carbocycles. The lowest BCUT2D eigenvalue weighted by atomic mass is 9.87. The number of imidazole rings is 1. The van der Waals surface area contributed by atoms with E-state index in [1.54, 1.807) is 17.9 Å². The lowest BCUT2D eigenvalue weighted by Gasteiger charge is -2.21. The van der Waals surface area contributed by atoms with Crippen LogP contribution in [0.1, 0.15) is 46.7 Å². The molecule has 1 aliphatic heterocycles. The summed E-state index contributed by atoms with van der Waals surface area (Å²) in [7, 11) is 1.80. The van der Waals surface area contributed by atoms with Gasteiger partial charge in [0.25, 0.3) is 0 Å². The molecule has 2 bridgehead atoms. The van der Waals surface area contributed by atoms with Gasteiger partial charge in [-0.05, 0) is 18.1 Å². The van der Waals surface area contributed by atoms with E-state index in [9.17, 15) is 5.26 Å². The summed E-state index contributed by atoms with van der Waals surface area (Å²) in [4.78, 5) is 14.5. The lowest BCUT2D eigenvalue weighted by molar-refractivity contribution is 0.703. The molecule has 3 aromatic heterocycles. The van der Waals surface area contributed by atoms with Gasteiger partial charge in [0.05, 0.1) is 41.1 Å². The van der Waals surface area contributed by atoms with Crippen LogP contribution in [0.15, 0.2) is 42.9 Å². The first-order chi connectivity index (χ1) is 15.5. The van der Waals surface area contributed by atoms with Crippen LogP contribution in [0.5, 0.6) is 0 Å². The number of aryl methyl sites for hydroxylation is 2. The lowest BCUT2D eigenvalue weighted by Crippen LogP contribution is -2.09. The van der Waals surface area contributed by atoms with Crippen LogP contribution in [-0.4, -0.2) is 29.3 Å². The summed E-state index contributed by atoms with van der Waals surface area (Å²) in [5.41, 5.74) is 9.31. The molecule has 4 heterocycles. The third-order valence-corrected chi connectivity index (χ3v) is 6.54. The van der Waals surface area contributed by atoms with Crippen molar-refractivity contribution < 1.29 is 0 Å². The number of hydrogen-bond donors (Lipinski definition) is 0. The Morgan fingerprint density at radius 3 is 2.91 bits per heavy atom. The number of rotatable bonds is 0. The number of aromatic nitrogens is 6. The largest absolute Gasteiger partial charge is 0.325 e. The second-order valence-electron chi connectivity index (χ2n) is 8.51. The topological polar surface area (TPSA) is 85.2 Å². The van der Waals surface area contributed by atoms with Gasteiger partial charge < -0.3 is 4.57 Å². The summed E-state index contributed by atoms with van der Waals surface area (Å²) in [5, 5.41) is 14.6. The van der Waals surface area contributed by atoms with Gasteiger partial charge in [-0.2, -0.15) is 10.4 Å². The van der Waals surface area contributed by atoms with Gasteiger partial charge in [-0.15, -0.1) is 0 Å². The van der Waals surface area contributed by atoms with Gasteiger partial charge in [0.2, 0.25) is 0 Å². The van der Waals surface area contributed by atoms with Gasteiger partial charge in [0.15, 0.2) is 0 Å². The van der Waals surface area contributed by atoms with Gasteiger partial charge in [-0.1, -0.05) is 36.8 Å². The first-order valence-electron chi connectivity index (χ1n) is 10.7. The average Bonchev–Trinajstić information content (AvgIpc) is 3.49. The summed E-state index contributed by atoms with van der Waals surface area (Å²) < 4.78 is 3.73. The second kappa shape index (κ2) is 6.72. The highest BCUT2D eigenvalue weighted by molar-refractivity contribution is 5.79. The van der Waals surface area contributed by atoms with Crippen molar-refractivity contribution in [1.82, 2.24) is 29.3 Å². The predicted molar refractivity (Wildman–Crippen MR) is 121 cm³/mol. The third kappa shape index (κ3) is 2.59. The molecule has 32 heavy (non-hydrogen) atoms. The number of nitrogens with zero attached hydrogens (tertiary/aromatic N) is 7. The molecule has 1 aliphatic carbocycles. The van der Waals surface area contributed by atoms with Gasteiger partial charge >= 0.3 is 0 Å². The molecule has 6 rings (SSSR count). The number of benzene rings is 1. The van der Waals surface area contributed by atoms with Crippen molar-refractivity contribution in [3.63, 3.8) is 0 Å². The minimum absolute atomic E-state index is 0.129. The first kappa shape index (κ1) is 18.7. The molecule has 4 aromatic rings. The Morgan fingerprint density at radius 1 is 1.19 bits per heavy atom. The van der Waals surface area contributed by atoms with Crippen LogP contribution in [0.3, 0.4) is 0 Å².